The van der Waals surface area contributed by atoms with Gasteiger partial charge in [-0.15, -0.1) is 0 Å². The van der Waals surface area contributed by atoms with Gasteiger partial charge in [0.1, 0.15) is 11.6 Å². The van der Waals surface area contributed by atoms with Crippen molar-refractivity contribution in [2.24, 2.45) is 10.7 Å². The number of nitrogens with two attached hydrogens (primary N) is 1. The van der Waals surface area contributed by atoms with Crippen molar-refractivity contribution in [3.63, 3.8) is 0 Å². The van der Waals surface area contributed by atoms with Crippen LogP contribution >= 0.6 is 0 Å². The Kier molecular flexibility index (Phi) is 5.88. The molecule has 3 aromatic rings. The summed E-state index contributed by atoms with van der Waals surface area (Å²) in [6, 6.07) is 10.4. The first-order chi connectivity index (χ1) is 14.0. The van der Waals surface area contributed by atoms with Gasteiger partial charge in [-0.1, -0.05) is 12.1 Å². The number of allylic oxidation sites excluding steroid dienone is 1. The number of carbonyl (C=O) groups is 1. The molecule has 146 valence electrons. The molecular weight excluding hydrogens is 377 g/mol. The average Bonchev–Trinajstić information content (AvgIpc) is 2.74. The van der Waals surface area contributed by atoms with E-state index < -0.39 is 11.8 Å². The molecule has 3 N–H and O–H groups in total. The van der Waals surface area contributed by atoms with Crippen molar-refractivity contribution in [1.29, 1.82) is 0 Å². The molecular formula is C20H16FN5O3. The molecule has 29 heavy (non-hydrogen) atoms. The van der Waals surface area contributed by atoms with E-state index in [0.717, 1.165) is 0 Å². The molecule has 0 spiro atoms. The van der Waals surface area contributed by atoms with Gasteiger partial charge in [0, 0.05) is 24.2 Å². The molecule has 2 aromatic heterocycles. The Balaban J connectivity index is 1.95. The summed E-state index contributed by atoms with van der Waals surface area (Å²) in [6.45, 7) is 0. The second-order valence-electron chi connectivity index (χ2n) is 5.65. The number of carboxylic acid groups (broad SMARTS) is 1. The number of aromatic carboxylic acids is 1. The van der Waals surface area contributed by atoms with Crippen molar-refractivity contribution >= 4 is 23.6 Å². The third-order valence-electron chi connectivity index (χ3n) is 3.84. The van der Waals surface area contributed by atoms with Crippen LogP contribution in [0.4, 0.5) is 10.2 Å². The largest absolute Gasteiger partial charge is 0.496 e. The second-order valence-corrected chi connectivity index (χ2v) is 5.65. The van der Waals surface area contributed by atoms with Gasteiger partial charge in [0.2, 0.25) is 0 Å². The number of carboxylic acids is 1. The summed E-state index contributed by atoms with van der Waals surface area (Å²) >= 11 is 0. The van der Waals surface area contributed by atoms with Crippen LogP contribution in [0, 0.1) is 5.82 Å². The second kappa shape index (κ2) is 8.70. The highest BCUT2D eigenvalue weighted by molar-refractivity contribution is 6.09. The van der Waals surface area contributed by atoms with Crippen LogP contribution in [0.3, 0.4) is 0 Å². The van der Waals surface area contributed by atoms with Gasteiger partial charge in [-0.2, -0.15) is 0 Å². The highest BCUT2D eigenvalue weighted by atomic mass is 19.1. The van der Waals surface area contributed by atoms with E-state index in [4.69, 9.17) is 15.6 Å². The number of benzene rings is 1. The minimum absolute atomic E-state index is 0.121. The highest BCUT2D eigenvalue weighted by Crippen LogP contribution is 2.30. The highest BCUT2D eigenvalue weighted by Gasteiger charge is 2.15. The Labute approximate surface area is 165 Å². The zero-order valence-corrected chi connectivity index (χ0v) is 15.3. The SMILES string of the molecule is COc1cccc(F)c1-c1nccc(C(=C/N)/C=N/c2cccc(C(=O)O)n2)n1. The molecule has 9 heteroatoms. The van der Waals surface area contributed by atoms with Crippen molar-refractivity contribution in [3.05, 3.63) is 72.1 Å². The molecule has 0 saturated heterocycles. The third-order valence-corrected chi connectivity index (χ3v) is 3.84. The molecule has 0 saturated carbocycles. The molecule has 0 radical (unpaired) electrons. The summed E-state index contributed by atoms with van der Waals surface area (Å²) in [4.78, 5) is 27.5. The Morgan fingerprint density at radius 2 is 1.97 bits per heavy atom. The van der Waals surface area contributed by atoms with Crippen molar-refractivity contribution < 1.29 is 19.0 Å². The maximum Gasteiger partial charge on any atom is 0.354 e. The Bertz CT molecular complexity index is 1110. The smallest absolute Gasteiger partial charge is 0.354 e. The molecule has 3 rings (SSSR count). The lowest BCUT2D eigenvalue weighted by atomic mass is 10.1. The Morgan fingerprint density at radius 3 is 2.69 bits per heavy atom. The van der Waals surface area contributed by atoms with E-state index in [0.29, 0.717) is 17.0 Å². The van der Waals surface area contributed by atoms with E-state index in [-0.39, 0.29) is 22.9 Å². The van der Waals surface area contributed by atoms with Gasteiger partial charge in [0.05, 0.1) is 18.4 Å². The van der Waals surface area contributed by atoms with Crippen molar-refractivity contribution in [2.75, 3.05) is 7.11 Å². The number of pyridine rings is 1. The van der Waals surface area contributed by atoms with E-state index in [1.165, 1.54) is 50.0 Å². The number of aromatic nitrogens is 3. The quantitative estimate of drug-likeness (QED) is 0.617. The van der Waals surface area contributed by atoms with Crippen LogP contribution in [0.1, 0.15) is 16.2 Å². The van der Waals surface area contributed by atoms with Crippen LogP contribution in [-0.4, -0.2) is 39.4 Å². The molecule has 0 aliphatic carbocycles. The van der Waals surface area contributed by atoms with Gasteiger partial charge < -0.3 is 15.6 Å². The third kappa shape index (κ3) is 4.41. The average molecular weight is 393 g/mol. The van der Waals surface area contributed by atoms with Crippen LogP contribution in [0.25, 0.3) is 17.0 Å². The minimum atomic E-state index is -1.16. The molecule has 8 nitrogen and oxygen atoms in total. The van der Waals surface area contributed by atoms with Crippen LogP contribution in [0.2, 0.25) is 0 Å². The molecule has 0 bridgehead atoms. The minimum Gasteiger partial charge on any atom is -0.496 e. The maximum absolute atomic E-state index is 14.3. The van der Waals surface area contributed by atoms with E-state index in [9.17, 15) is 9.18 Å². The lowest BCUT2D eigenvalue weighted by Crippen LogP contribution is -2.01. The van der Waals surface area contributed by atoms with Crippen LogP contribution in [-0.2, 0) is 0 Å². The summed E-state index contributed by atoms with van der Waals surface area (Å²) in [5, 5.41) is 9.01. The number of hydrogen-bond acceptors (Lipinski definition) is 7. The summed E-state index contributed by atoms with van der Waals surface area (Å²) in [5.41, 5.74) is 6.49. The first kappa shape index (κ1) is 19.6. The van der Waals surface area contributed by atoms with E-state index >= 15 is 0 Å². The monoisotopic (exact) mass is 393 g/mol. The fourth-order valence-electron chi connectivity index (χ4n) is 2.48. The lowest BCUT2D eigenvalue weighted by molar-refractivity contribution is 0.0690. The standard InChI is InChI=1S/C20H16FN5O3/c1-29-16-6-2-4-13(21)18(16)19-23-9-8-14(26-19)12(10-22)11-24-17-7-3-5-15(25-17)20(27)28/h2-11H,22H2,1H3,(H,27,28)/b12-10+,24-11+. The zero-order valence-electron chi connectivity index (χ0n) is 15.3. The summed E-state index contributed by atoms with van der Waals surface area (Å²) in [7, 11) is 1.43. The molecule has 0 aliphatic heterocycles. The zero-order chi connectivity index (χ0) is 20.8. The van der Waals surface area contributed by atoms with Crippen molar-refractivity contribution in [2.45, 2.75) is 0 Å². The van der Waals surface area contributed by atoms with Gasteiger partial charge in [-0.25, -0.2) is 29.1 Å². The lowest BCUT2D eigenvalue weighted by Gasteiger charge is -2.09. The number of hydrogen-bond donors (Lipinski definition) is 2. The van der Waals surface area contributed by atoms with Crippen LogP contribution in [0.15, 0.2) is 59.9 Å². The number of ether oxygens (including phenoxy) is 1. The van der Waals surface area contributed by atoms with Gasteiger partial charge in [0.25, 0.3) is 0 Å². The number of rotatable bonds is 6. The van der Waals surface area contributed by atoms with Gasteiger partial charge in [-0.3, -0.25) is 0 Å². The van der Waals surface area contributed by atoms with E-state index in [1.54, 1.807) is 18.2 Å². The van der Waals surface area contributed by atoms with Crippen LogP contribution in [0.5, 0.6) is 5.75 Å². The Morgan fingerprint density at radius 1 is 1.17 bits per heavy atom. The van der Waals surface area contributed by atoms with Crippen molar-refractivity contribution in [3.8, 4) is 17.1 Å². The fourth-order valence-corrected chi connectivity index (χ4v) is 2.48. The number of methoxy groups -OCH3 is 1. The maximum atomic E-state index is 14.3. The molecule has 0 amide bonds. The topological polar surface area (TPSA) is 124 Å². The number of halogens is 1. The normalized spacial score (nSPS) is 11.6. The molecule has 0 atom stereocenters. The number of aliphatic imine (C=N–C) groups is 1. The van der Waals surface area contributed by atoms with E-state index in [1.807, 2.05) is 0 Å². The summed E-state index contributed by atoms with van der Waals surface area (Å²) < 4.78 is 19.5. The predicted molar refractivity (Wildman–Crippen MR) is 105 cm³/mol. The molecule has 2 heterocycles. The number of nitrogens with zero attached hydrogens (tertiary/aromatic N) is 4. The fraction of sp³-hybridized carbons (Fsp3) is 0.0500. The molecule has 0 aliphatic rings. The van der Waals surface area contributed by atoms with Gasteiger partial charge in [0.15, 0.2) is 17.3 Å². The first-order valence-corrected chi connectivity index (χ1v) is 8.36. The predicted octanol–water partition coefficient (Wildman–Crippen LogP) is 3.09. The molecule has 0 fully saturated rings. The Hall–Kier alpha value is -4.14. The summed E-state index contributed by atoms with van der Waals surface area (Å²) in [5.74, 6) is -1.08. The van der Waals surface area contributed by atoms with Crippen molar-refractivity contribution in [1.82, 2.24) is 15.0 Å². The van der Waals surface area contributed by atoms with E-state index in [2.05, 4.69) is 19.9 Å². The molecule has 0 unspecified atom stereocenters. The first-order valence-electron chi connectivity index (χ1n) is 8.36. The molecule has 1 aromatic carbocycles. The van der Waals surface area contributed by atoms with Gasteiger partial charge >= 0.3 is 5.97 Å². The summed E-state index contributed by atoms with van der Waals surface area (Å²) in [6.07, 6.45) is 4.12. The van der Waals surface area contributed by atoms with Crippen LogP contribution < -0.4 is 10.5 Å². The van der Waals surface area contributed by atoms with Gasteiger partial charge in [-0.05, 0) is 30.3 Å².